The van der Waals surface area contributed by atoms with Crippen LogP contribution in [0.1, 0.15) is 11.1 Å². The Morgan fingerprint density at radius 1 is 1.00 bits per heavy atom. The lowest BCUT2D eigenvalue weighted by molar-refractivity contribution is 1.10. The Balaban J connectivity index is 2.30. The number of benzene rings is 1. The number of fused-ring (bicyclic) bond motifs is 2. The molecule has 0 fully saturated rings. The van der Waals surface area contributed by atoms with Gasteiger partial charge in [-0.1, -0.05) is 18.2 Å². The van der Waals surface area contributed by atoms with Gasteiger partial charge in [-0.2, -0.15) is 0 Å². The highest BCUT2D eigenvalue weighted by atomic mass is 14.6. The SMILES string of the molecule is C1=CCc2cc3ncccc3cc2C1. The number of hydrogen-bond donors (Lipinski definition) is 0. The van der Waals surface area contributed by atoms with Crippen LogP contribution in [0.5, 0.6) is 0 Å². The molecule has 0 unspecified atom stereocenters. The first-order valence-corrected chi connectivity index (χ1v) is 4.95. The largest absolute Gasteiger partial charge is 0.256 e. The molecule has 1 aromatic carbocycles. The van der Waals surface area contributed by atoms with Gasteiger partial charge in [-0.25, -0.2) is 0 Å². The molecule has 68 valence electrons. The maximum atomic E-state index is 4.37. The van der Waals surface area contributed by atoms with E-state index in [4.69, 9.17) is 0 Å². The molecule has 3 rings (SSSR count). The first-order chi connectivity index (χ1) is 6.93. The van der Waals surface area contributed by atoms with E-state index in [-0.39, 0.29) is 0 Å². The lowest BCUT2D eigenvalue weighted by atomic mass is 9.95. The average molecular weight is 181 g/mol. The molecule has 0 saturated carbocycles. The van der Waals surface area contributed by atoms with Gasteiger partial charge in [0.15, 0.2) is 0 Å². The van der Waals surface area contributed by atoms with Crippen molar-refractivity contribution in [2.24, 2.45) is 0 Å². The second-order valence-electron chi connectivity index (χ2n) is 3.70. The number of pyridine rings is 1. The fourth-order valence-corrected chi connectivity index (χ4v) is 2.01. The summed E-state index contributed by atoms with van der Waals surface area (Å²) in [6, 6.07) is 8.60. The number of rotatable bonds is 0. The van der Waals surface area contributed by atoms with E-state index in [1.165, 1.54) is 16.5 Å². The van der Waals surface area contributed by atoms with Crippen LogP contribution in [0, 0.1) is 0 Å². The normalized spacial score (nSPS) is 14.3. The maximum Gasteiger partial charge on any atom is 0.0705 e. The van der Waals surface area contributed by atoms with Crippen molar-refractivity contribution in [2.45, 2.75) is 12.8 Å². The molecule has 1 nitrogen and oxygen atoms in total. The van der Waals surface area contributed by atoms with Crippen molar-refractivity contribution < 1.29 is 0 Å². The van der Waals surface area contributed by atoms with E-state index in [2.05, 4.69) is 35.3 Å². The molecule has 0 radical (unpaired) electrons. The topological polar surface area (TPSA) is 12.9 Å². The molecule has 1 aromatic heterocycles. The highest BCUT2D eigenvalue weighted by Crippen LogP contribution is 2.22. The molecular weight excluding hydrogens is 170 g/mol. The molecule has 1 heterocycles. The lowest BCUT2D eigenvalue weighted by Gasteiger charge is -2.11. The third-order valence-electron chi connectivity index (χ3n) is 2.77. The van der Waals surface area contributed by atoms with Gasteiger partial charge in [0.1, 0.15) is 0 Å². The van der Waals surface area contributed by atoms with E-state index in [1.54, 1.807) is 0 Å². The van der Waals surface area contributed by atoms with E-state index >= 15 is 0 Å². The smallest absolute Gasteiger partial charge is 0.0705 e. The number of hydrogen-bond acceptors (Lipinski definition) is 1. The Bertz CT molecular complexity index is 465. The molecule has 2 aromatic rings. The second-order valence-corrected chi connectivity index (χ2v) is 3.70. The Kier molecular flexibility index (Phi) is 1.63. The van der Waals surface area contributed by atoms with Gasteiger partial charge in [0.2, 0.25) is 0 Å². The summed E-state index contributed by atoms with van der Waals surface area (Å²) in [5, 5.41) is 1.25. The summed E-state index contributed by atoms with van der Waals surface area (Å²) < 4.78 is 0. The van der Waals surface area contributed by atoms with Gasteiger partial charge in [-0.3, -0.25) is 4.98 Å². The van der Waals surface area contributed by atoms with Crippen LogP contribution >= 0.6 is 0 Å². The van der Waals surface area contributed by atoms with Gasteiger partial charge >= 0.3 is 0 Å². The summed E-state index contributed by atoms with van der Waals surface area (Å²) in [6.07, 6.45) is 8.46. The van der Waals surface area contributed by atoms with Crippen LogP contribution in [-0.2, 0) is 12.8 Å². The molecular formula is C13H11N. The monoisotopic (exact) mass is 181 g/mol. The fraction of sp³-hybridized carbons (Fsp3) is 0.154. The molecule has 0 bridgehead atoms. The molecule has 0 aliphatic heterocycles. The van der Waals surface area contributed by atoms with Crippen LogP contribution in [0.2, 0.25) is 0 Å². The minimum atomic E-state index is 1.06. The lowest BCUT2D eigenvalue weighted by Crippen LogP contribution is -1.97. The van der Waals surface area contributed by atoms with Crippen LogP contribution in [0.4, 0.5) is 0 Å². The molecule has 1 heteroatoms. The zero-order valence-electron chi connectivity index (χ0n) is 7.90. The van der Waals surface area contributed by atoms with Crippen molar-refractivity contribution in [2.75, 3.05) is 0 Å². The van der Waals surface area contributed by atoms with Gasteiger partial charge in [-0.15, -0.1) is 0 Å². The Morgan fingerprint density at radius 2 is 1.79 bits per heavy atom. The standard InChI is InChI=1S/C13H11N/c1-2-5-11-9-13-12(6-3-7-14-13)8-10(11)4-1/h1-3,6-9H,4-5H2. The summed E-state index contributed by atoms with van der Waals surface area (Å²) in [5.74, 6) is 0. The predicted molar refractivity (Wildman–Crippen MR) is 58.3 cm³/mol. The number of aromatic nitrogens is 1. The van der Waals surface area contributed by atoms with Crippen LogP contribution in [-0.4, -0.2) is 4.98 Å². The van der Waals surface area contributed by atoms with Crippen LogP contribution in [0.15, 0.2) is 42.6 Å². The quantitative estimate of drug-likeness (QED) is 0.569. The number of nitrogens with zero attached hydrogens (tertiary/aromatic N) is 1. The summed E-state index contributed by atoms with van der Waals surface area (Å²) in [5.41, 5.74) is 3.99. The van der Waals surface area contributed by atoms with Crippen molar-refractivity contribution in [3.8, 4) is 0 Å². The fourth-order valence-electron chi connectivity index (χ4n) is 2.01. The van der Waals surface area contributed by atoms with Crippen LogP contribution < -0.4 is 0 Å². The van der Waals surface area contributed by atoms with E-state index < -0.39 is 0 Å². The highest BCUT2D eigenvalue weighted by Gasteiger charge is 2.06. The molecule has 14 heavy (non-hydrogen) atoms. The summed E-state index contributed by atoms with van der Waals surface area (Å²) in [4.78, 5) is 4.37. The Morgan fingerprint density at radius 3 is 2.64 bits per heavy atom. The van der Waals surface area contributed by atoms with Crippen molar-refractivity contribution in [3.63, 3.8) is 0 Å². The Labute approximate surface area is 83.1 Å². The van der Waals surface area contributed by atoms with E-state index in [0.717, 1.165) is 18.4 Å². The molecule has 0 atom stereocenters. The number of allylic oxidation sites excluding steroid dienone is 2. The predicted octanol–water partition coefficient (Wildman–Crippen LogP) is 2.89. The van der Waals surface area contributed by atoms with Crippen molar-refractivity contribution >= 4 is 10.9 Å². The van der Waals surface area contributed by atoms with E-state index in [9.17, 15) is 0 Å². The molecule has 1 aliphatic rings. The molecule has 0 spiro atoms. The zero-order valence-corrected chi connectivity index (χ0v) is 7.90. The highest BCUT2D eigenvalue weighted by molar-refractivity contribution is 5.80. The zero-order chi connectivity index (χ0) is 9.38. The molecule has 0 amide bonds. The third kappa shape index (κ3) is 1.13. The minimum absolute atomic E-state index is 1.06. The van der Waals surface area contributed by atoms with E-state index in [1.807, 2.05) is 12.3 Å². The van der Waals surface area contributed by atoms with Crippen molar-refractivity contribution in [1.29, 1.82) is 0 Å². The molecule has 0 saturated heterocycles. The second kappa shape index (κ2) is 2.95. The van der Waals surface area contributed by atoms with Crippen LogP contribution in [0.3, 0.4) is 0 Å². The first-order valence-electron chi connectivity index (χ1n) is 4.95. The van der Waals surface area contributed by atoms with Gasteiger partial charge in [-0.05, 0) is 42.2 Å². The molecule has 0 N–H and O–H groups in total. The van der Waals surface area contributed by atoms with Gasteiger partial charge in [0.25, 0.3) is 0 Å². The van der Waals surface area contributed by atoms with Gasteiger partial charge < -0.3 is 0 Å². The maximum absolute atomic E-state index is 4.37. The molecule has 1 aliphatic carbocycles. The summed E-state index contributed by atoms with van der Waals surface area (Å²) in [7, 11) is 0. The van der Waals surface area contributed by atoms with Crippen molar-refractivity contribution in [3.05, 3.63) is 53.7 Å². The van der Waals surface area contributed by atoms with Gasteiger partial charge in [0, 0.05) is 11.6 Å². The van der Waals surface area contributed by atoms with Gasteiger partial charge in [0.05, 0.1) is 5.52 Å². The Hall–Kier alpha value is -1.63. The minimum Gasteiger partial charge on any atom is -0.256 e. The average Bonchev–Trinajstić information content (AvgIpc) is 2.26. The summed E-state index contributed by atoms with van der Waals surface area (Å²) in [6.45, 7) is 0. The van der Waals surface area contributed by atoms with Crippen molar-refractivity contribution in [1.82, 2.24) is 4.98 Å². The third-order valence-corrected chi connectivity index (χ3v) is 2.77. The van der Waals surface area contributed by atoms with Crippen LogP contribution in [0.25, 0.3) is 10.9 Å². The summed E-state index contributed by atoms with van der Waals surface area (Å²) >= 11 is 0. The first kappa shape index (κ1) is 7.74. The van der Waals surface area contributed by atoms with E-state index in [0.29, 0.717) is 0 Å².